The van der Waals surface area contributed by atoms with E-state index in [-0.39, 0.29) is 30.0 Å². The molecule has 1 aliphatic rings. The molecule has 0 aromatic heterocycles. The number of anilines is 1. The summed E-state index contributed by atoms with van der Waals surface area (Å²) < 4.78 is 23.6. The summed E-state index contributed by atoms with van der Waals surface area (Å²) >= 11 is 0. The predicted molar refractivity (Wildman–Crippen MR) is 108 cm³/mol. The number of rotatable bonds is 7. The third-order valence-corrected chi connectivity index (χ3v) is 6.77. The number of hydrogen-bond donors (Lipinski definition) is 0. The van der Waals surface area contributed by atoms with Crippen molar-refractivity contribution in [2.24, 2.45) is 0 Å². The van der Waals surface area contributed by atoms with Gasteiger partial charge in [-0.2, -0.15) is 0 Å². The van der Waals surface area contributed by atoms with Crippen molar-refractivity contribution >= 4 is 21.4 Å². The zero-order valence-electron chi connectivity index (χ0n) is 15.6. The van der Waals surface area contributed by atoms with Crippen LogP contribution in [0.4, 0.5) is 5.69 Å². The molecule has 27 heavy (non-hydrogen) atoms. The number of sulfone groups is 1. The fraction of sp³-hybridized carbons (Fsp3) is 0.381. The van der Waals surface area contributed by atoms with E-state index < -0.39 is 9.84 Å². The number of amides is 1. The molecule has 0 radical (unpaired) electrons. The number of para-hydroxylation sites is 1. The zero-order valence-corrected chi connectivity index (χ0v) is 16.4. The molecule has 5 nitrogen and oxygen atoms in total. The van der Waals surface area contributed by atoms with Crippen LogP contribution in [0, 0.1) is 0 Å². The molecule has 1 atom stereocenters. The second-order valence-electron chi connectivity index (χ2n) is 6.92. The summed E-state index contributed by atoms with van der Waals surface area (Å²) in [4.78, 5) is 16.9. The quantitative estimate of drug-likeness (QED) is 0.734. The fourth-order valence-electron chi connectivity index (χ4n) is 3.52. The molecule has 2 aromatic rings. The third kappa shape index (κ3) is 5.17. The summed E-state index contributed by atoms with van der Waals surface area (Å²) in [5.41, 5.74) is 1.91. The van der Waals surface area contributed by atoms with E-state index in [1.165, 1.54) is 0 Å². The van der Waals surface area contributed by atoms with Crippen molar-refractivity contribution in [3.8, 4) is 0 Å². The first kappa shape index (κ1) is 19.6. The van der Waals surface area contributed by atoms with Gasteiger partial charge in [-0.1, -0.05) is 55.5 Å². The smallest absolute Gasteiger partial charge is 0.241 e. The van der Waals surface area contributed by atoms with Gasteiger partial charge < -0.3 is 4.90 Å². The Morgan fingerprint density at radius 3 is 2.22 bits per heavy atom. The molecule has 0 N–H and O–H groups in total. The summed E-state index contributed by atoms with van der Waals surface area (Å²) in [5, 5.41) is 0. The molecule has 0 bridgehead atoms. The van der Waals surface area contributed by atoms with Gasteiger partial charge in [-0.15, -0.1) is 0 Å². The first-order valence-corrected chi connectivity index (χ1v) is 11.1. The molecule has 1 fully saturated rings. The monoisotopic (exact) mass is 386 g/mol. The molecular formula is C21H26N2O3S. The van der Waals surface area contributed by atoms with Gasteiger partial charge in [-0.3, -0.25) is 9.69 Å². The SMILES string of the molecule is CCN(CC(=O)N(Cc1ccccc1)c1ccccc1)C1CCS(=O)(=O)C1. The van der Waals surface area contributed by atoms with Gasteiger partial charge in [0.1, 0.15) is 0 Å². The second-order valence-corrected chi connectivity index (χ2v) is 9.15. The minimum absolute atomic E-state index is 0.0174. The molecule has 3 rings (SSSR count). The summed E-state index contributed by atoms with van der Waals surface area (Å²) in [6, 6.07) is 19.4. The third-order valence-electron chi connectivity index (χ3n) is 5.02. The molecule has 2 aromatic carbocycles. The van der Waals surface area contributed by atoms with Gasteiger partial charge in [-0.25, -0.2) is 8.42 Å². The van der Waals surface area contributed by atoms with Crippen molar-refractivity contribution < 1.29 is 13.2 Å². The van der Waals surface area contributed by atoms with E-state index in [9.17, 15) is 13.2 Å². The molecule has 6 heteroatoms. The average Bonchev–Trinajstić information content (AvgIpc) is 3.05. The van der Waals surface area contributed by atoms with Gasteiger partial charge in [-0.05, 0) is 30.7 Å². The standard InChI is InChI=1S/C21H26N2O3S/c1-2-22(20-13-14-27(25,26)17-20)16-21(24)23(19-11-7-4-8-12-19)15-18-9-5-3-6-10-18/h3-12,20H,2,13-17H2,1H3. The highest BCUT2D eigenvalue weighted by atomic mass is 32.2. The normalized spacial score (nSPS) is 18.5. The van der Waals surface area contributed by atoms with Crippen molar-refractivity contribution in [2.45, 2.75) is 25.9 Å². The molecule has 0 saturated carbocycles. The summed E-state index contributed by atoms with van der Waals surface area (Å²) in [5.74, 6) is 0.351. The van der Waals surface area contributed by atoms with Crippen LogP contribution in [-0.4, -0.2) is 49.9 Å². The van der Waals surface area contributed by atoms with Gasteiger partial charge in [0.15, 0.2) is 9.84 Å². The predicted octanol–water partition coefficient (Wildman–Crippen LogP) is 2.73. The Bertz CT molecular complexity index is 854. The average molecular weight is 387 g/mol. The summed E-state index contributed by atoms with van der Waals surface area (Å²) in [7, 11) is -2.97. The van der Waals surface area contributed by atoms with E-state index in [4.69, 9.17) is 0 Å². The number of benzene rings is 2. The van der Waals surface area contributed by atoms with Crippen LogP contribution in [0.1, 0.15) is 18.9 Å². The Morgan fingerprint density at radius 2 is 1.67 bits per heavy atom. The van der Waals surface area contributed by atoms with E-state index in [2.05, 4.69) is 0 Å². The molecule has 1 heterocycles. The number of carbonyl (C=O) groups is 1. The highest BCUT2D eigenvalue weighted by Crippen LogP contribution is 2.20. The van der Waals surface area contributed by atoms with Crippen LogP contribution in [0.2, 0.25) is 0 Å². The van der Waals surface area contributed by atoms with Gasteiger partial charge >= 0.3 is 0 Å². The Morgan fingerprint density at radius 1 is 1.04 bits per heavy atom. The van der Waals surface area contributed by atoms with Crippen molar-refractivity contribution in [3.05, 3.63) is 66.2 Å². The van der Waals surface area contributed by atoms with Crippen LogP contribution >= 0.6 is 0 Å². The molecule has 144 valence electrons. The Hall–Kier alpha value is -2.18. The summed E-state index contributed by atoms with van der Waals surface area (Å²) in [6.07, 6.45) is 0.605. The number of carbonyl (C=O) groups excluding carboxylic acids is 1. The molecule has 1 amide bonds. The Kier molecular flexibility index (Phi) is 6.29. The number of nitrogens with zero attached hydrogens (tertiary/aromatic N) is 2. The summed E-state index contributed by atoms with van der Waals surface area (Å²) in [6.45, 7) is 3.34. The fourth-order valence-corrected chi connectivity index (χ4v) is 5.28. The van der Waals surface area contributed by atoms with Crippen molar-refractivity contribution in [3.63, 3.8) is 0 Å². The van der Waals surface area contributed by atoms with E-state index in [1.807, 2.05) is 72.5 Å². The topological polar surface area (TPSA) is 57.7 Å². The molecule has 0 aliphatic carbocycles. The lowest BCUT2D eigenvalue weighted by Gasteiger charge is -2.30. The molecule has 1 aliphatic heterocycles. The van der Waals surface area contributed by atoms with Gasteiger partial charge in [0.05, 0.1) is 24.6 Å². The highest BCUT2D eigenvalue weighted by molar-refractivity contribution is 7.91. The molecule has 1 unspecified atom stereocenters. The maximum absolute atomic E-state index is 13.2. The van der Waals surface area contributed by atoms with Crippen LogP contribution in [0.25, 0.3) is 0 Å². The van der Waals surface area contributed by atoms with E-state index >= 15 is 0 Å². The lowest BCUT2D eigenvalue weighted by atomic mass is 10.1. The largest absolute Gasteiger partial charge is 0.307 e. The van der Waals surface area contributed by atoms with Crippen LogP contribution in [0.5, 0.6) is 0 Å². The van der Waals surface area contributed by atoms with Crippen molar-refractivity contribution in [2.75, 3.05) is 29.5 Å². The van der Waals surface area contributed by atoms with E-state index in [0.29, 0.717) is 19.5 Å². The second kappa shape index (κ2) is 8.67. The van der Waals surface area contributed by atoms with Crippen molar-refractivity contribution in [1.82, 2.24) is 4.90 Å². The highest BCUT2D eigenvalue weighted by Gasteiger charge is 2.33. The van der Waals surface area contributed by atoms with Crippen LogP contribution in [-0.2, 0) is 21.2 Å². The van der Waals surface area contributed by atoms with Gasteiger partial charge in [0.25, 0.3) is 0 Å². The van der Waals surface area contributed by atoms with Crippen LogP contribution in [0.3, 0.4) is 0 Å². The lowest BCUT2D eigenvalue weighted by molar-refractivity contribution is -0.120. The van der Waals surface area contributed by atoms with E-state index in [1.54, 1.807) is 4.90 Å². The Labute approximate surface area is 161 Å². The van der Waals surface area contributed by atoms with Gasteiger partial charge in [0.2, 0.25) is 5.91 Å². The molecule has 0 spiro atoms. The number of likely N-dealkylation sites (N-methyl/N-ethyl adjacent to an activating group) is 1. The van der Waals surface area contributed by atoms with Gasteiger partial charge in [0, 0.05) is 11.7 Å². The maximum atomic E-state index is 13.2. The zero-order chi connectivity index (χ0) is 19.3. The Balaban J connectivity index is 1.78. The minimum Gasteiger partial charge on any atom is -0.307 e. The number of hydrogen-bond acceptors (Lipinski definition) is 4. The van der Waals surface area contributed by atoms with Crippen molar-refractivity contribution in [1.29, 1.82) is 0 Å². The van der Waals surface area contributed by atoms with E-state index in [0.717, 1.165) is 11.3 Å². The lowest BCUT2D eigenvalue weighted by Crippen LogP contribution is -2.45. The van der Waals surface area contributed by atoms with Crippen LogP contribution < -0.4 is 4.90 Å². The minimum atomic E-state index is -2.97. The first-order valence-electron chi connectivity index (χ1n) is 9.32. The molecular weight excluding hydrogens is 360 g/mol. The first-order chi connectivity index (χ1) is 13.0. The molecule has 1 saturated heterocycles. The van der Waals surface area contributed by atoms with Crippen LogP contribution in [0.15, 0.2) is 60.7 Å². The maximum Gasteiger partial charge on any atom is 0.241 e.